The molecule has 1 aliphatic carbocycles. The first-order chi connectivity index (χ1) is 9.54. The van der Waals surface area contributed by atoms with E-state index < -0.39 is 0 Å². The Morgan fingerprint density at radius 3 is 2.40 bits per heavy atom. The van der Waals surface area contributed by atoms with Crippen LogP contribution in [0.15, 0.2) is 24.3 Å². The SMILES string of the molecule is CN(C)c1ccc(NC(=O)CNC(=O)NC2CC2)cc1. The van der Waals surface area contributed by atoms with Gasteiger partial charge in [0.05, 0.1) is 6.54 Å². The van der Waals surface area contributed by atoms with Crippen LogP contribution in [0.2, 0.25) is 0 Å². The van der Waals surface area contributed by atoms with Crippen molar-refractivity contribution in [2.45, 2.75) is 18.9 Å². The monoisotopic (exact) mass is 276 g/mol. The second-order valence-electron chi connectivity index (χ2n) is 5.09. The number of urea groups is 1. The van der Waals surface area contributed by atoms with E-state index in [1.807, 2.05) is 43.3 Å². The van der Waals surface area contributed by atoms with Crippen LogP contribution in [0.1, 0.15) is 12.8 Å². The molecule has 0 radical (unpaired) electrons. The van der Waals surface area contributed by atoms with Gasteiger partial charge < -0.3 is 20.9 Å². The number of carbonyl (C=O) groups excluding carboxylic acids is 2. The van der Waals surface area contributed by atoms with Crippen LogP contribution in [-0.2, 0) is 4.79 Å². The van der Waals surface area contributed by atoms with Crippen LogP contribution in [0.25, 0.3) is 0 Å². The average molecular weight is 276 g/mol. The summed E-state index contributed by atoms with van der Waals surface area (Å²) in [5, 5.41) is 8.02. The fourth-order valence-electron chi connectivity index (χ4n) is 1.67. The van der Waals surface area contributed by atoms with E-state index in [4.69, 9.17) is 0 Å². The van der Waals surface area contributed by atoms with E-state index in [1.165, 1.54) is 0 Å². The third-order valence-electron chi connectivity index (χ3n) is 2.99. The second kappa shape index (κ2) is 6.27. The molecule has 1 aliphatic rings. The molecule has 20 heavy (non-hydrogen) atoms. The third-order valence-corrected chi connectivity index (χ3v) is 2.99. The van der Waals surface area contributed by atoms with E-state index >= 15 is 0 Å². The highest BCUT2D eigenvalue weighted by Crippen LogP contribution is 2.18. The Morgan fingerprint density at radius 2 is 1.85 bits per heavy atom. The average Bonchev–Trinajstić information content (AvgIpc) is 3.21. The van der Waals surface area contributed by atoms with Crippen molar-refractivity contribution in [2.75, 3.05) is 30.9 Å². The zero-order chi connectivity index (χ0) is 14.5. The van der Waals surface area contributed by atoms with Crippen molar-refractivity contribution in [1.29, 1.82) is 0 Å². The van der Waals surface area contributed by atoms with E-state index in [9.17, 15) is 9.59 Å². The Kier molecular flexibility index (Phi) is 4.45. The minimum Gasteiger partial charge on any atom is -0.378 e. The number of benzene rings is 1. The number of anilines is 2. The van der Waals surface area contributed by atoms with Gasteiger partial charge in [0.1, 0.15) is 0 Å². The Morgan fingerprint density at radius 1 is 1.20 bits per heavy atom. The molecule has 6 nitrogen and oxygen atoms in total. The summed E-state index contributed by atoms with van der Waals surface area (Å²) in [4.78, 5) is 25.0. The molecule has 1 fully saturated rings. The number of rotatable bonds is 5. The van der Waals surface area contributed by atoms with E-state index in [1.54, 1.807) is 0 Å². The van der Waals surface area contributed by atoms with E-state index in [-0.39, 0.29) is 24.5 Å². The number of nitrogens with one attached hydrogen (secondary N) is 3. The van der Waals surface area contributed by atoms with Crippen molar-refractivity contribution >= 4 is 23.3 Å². The summed E-state index contributed by atoms with van der Waals surface area (Å²) in [6.07, 6.45) is 2.05. The fourth-order valence-corrected chi connectivity index (χ4v) is 1.67. The lowest BCUT2D eigenvalue weighted by atomic mass is 10.2. The van der Waals surface area contributed by atoms with Crippen LogP contribution < -0.4 is 20.9 Å². The third kappa shape index (κ3) is 4.46. The molecule has 0 bridgehead atoms. The Labute approximate surface area is 118 Å². The predicted molar refractivity (Wildman–Crippen MR) is 79.0 cm³/mol. The molecule has 0 saturated heterocycles. The summed E-state index contributed by atoms with van der Waals surface area (Å²) < 4.78 is 0. The highest BCUT2D eigenvalue weighted by molar-refractivity contribution is 5.94. The van der Waals surface area contributed by atoms with Gasteiger partial charge in [-0.15, -0.1) is 0 Å². The molecule has 0 spiro atoms. The van der Waals surface area contributed by atoms with Gasteiger partial charge in [-0.05, 0) is 37.1 Å². The first-order valence-corrected chi connectivity index (χ1v) is 6.66. The first kappa shape index (κ1) is 14.2. The molecule has 0 unspecified atom stereocenters. The summed E-state index contributed by atoms with van der Waals surface area (Å²) in [5.74, 6) is -0.242. The van der Waals surface area contributed by atoms with Gasteiger partial charge in [0, 0.05) is 31.5 Å². The minimum atomic E-state index is -0.286. The van der Waals surface area contributed by atoms with Crippen molar-refractivity contribution in [3.8, 4) is 0 Å². The Bertz CT molecular complexity index is 480. The number of carbonyl (C=O) groups is 2. The maximum Gasteiger partial charge on any atom is 0.315 e. The van der Waals surface area contributed by atoms with Gasteiger partial charge in [-0.1, -0.05) is 0 Å². The molecule has 2 rings (SSSR count). The van der Waals surface area contributed by atoms with E-state index in [2.05, 4.69) is 16.0 Å². The Balaban J connectivity index is 1.74. The minimum absolute atomic E-state index is 0.0337. The zero-order valence-electron chi connectivity index (χ0n) is 11.8. The van der Waals surface area contributed by atoms with Crippen LogP contribution >= 0.6 is 0 Å². The normalized spacial score (nSPS) is 13.5. The quantitative estimate of drug-likeness (QED) is 0.755. The molecule has 0 heterocycles. The summed E-state index contributed by atoms with van der Waals surface area (Å²) in [6, 6.07) is 7.50. The van der Waals surface area contributed by atoms with Crippen LogP contribution in [0, 0.1) is 0 Å². The molecule has 108 valence electrons. The first-order valence-electron chi connectivity index (χ1n) is 6.66. The van der Waals surface area contributed by atoms with Crippen molar-refractivity contribution in [2.24, 2.45) is 0 Å². The summed E-state index contributed by atoms with van der Waals surface area (Å²) >= 11 is 0. The van der Waals surface area contributed by atoms with Gasteiger partial charge in [0.25, 0.3) is 0 Å². The lowest BCUT2D eigenvalue weighted by molar-refractivity contribution is -0.115. The summed E-state index contributed by atoms with van der Waals surface area (Å²) in [5.41, 5.74) is 1.77. The molecule has 3 amide bonds. The van der Waals surface area contributed by atoms with Crippen molar-refractivity contribution in [3.05, 3.63) is 24.3 Å². The van der Waals surface area contributed by atoms with Crippen molar-refractivity contribution < 1.29 is 9.59 Å². The molecule has 0 aliphatic heterocycles. The van der Waals surface area contributed by atoms with Gasteiger partial charge in [0.2, 0.25) is 5.91 Å². The zero-order valence-corrected chi connectivity index (χ0v) is 11.8. The smallest absolute Gasteiger partial charge is 0.315 e. The topological polar surface area (TPSA) is 73.5 Å². The molecule has 1 aromatic rings. The lowest BCUT2D eigenvalue weighted by Crippen LogP contribution is -2.40. The highest BCUT2D eigenvalue weighted by Gasteiger charge is 2.23. The van der Waals surface area contributed by atoms with Crippen molar-refractivity contribution in [1.82, 2.24) is 10.6 Å². The van der Waals surface area contributed by atoms with Crippen LogP contribution in [-0.4, -0.2) is 38.6 Å². The number of amides is 3. The van der Waals surface area contributed by atoms with Crippen molar-refractivity contribution in [3.63, 3.8) is 0 Å². The van der Waals surface area contributed by atoms with Gasteiger partial charge in [-0.3, -0.25) is 4.79 Å². The molecule has 3 N–H and O–H groups in total. The van der Waals surface area contributed by atoms with E-state index in [0.717, 1.165) is 18.5 Å². The van der Waals surface area contributed by atoms with Gasteiger partial charge in [-0.25, -0.2) is 4.79 Å². The second-order valence-corrected chi connectivity index (χ2v) is 5.09. The van der Waals surface area contributed by atoms with Gasteiger partial charge >= 0.3 is 6.03 Å². The molecular weight excluding hydrogens is 256 g/mol. The van der Waals surface area contributed by atoms with Crippen LogP contribution in [0.3, 0.4) is 0 Å². The Hall–Kier alpha value is -2.24. The molecule has 1 saturated carbocycles. The molecular formula is C14H20N4O2. The number of hydrogen-bond donors (Lipinski definition) is 3. The van der Waals surface area contributed by atoms with Crippen LogP contribution in [0.5, 0.6) is 0 Å². The number of nitrogens with zero attached hydrogens (tertiary/aromatic N) is 1. The largest absolute Gasteiger partial charge is 0.378 e. The van der Waals surface area contributed by atoms with Gasteiger partial charge in [0.15, 0.2) is 0 Å². The molecule has 0 atom stereocenters. The van der Waals surface area contributed by atoms with Crippen LogP contribution in [0.4, 0.5) is 16.2 Å². The van der Waals surface area contributed by atoms with E-state index in [0.29, 0.717) is 5.69 Å². The fraction of sp³-hybridized carbons (Fsp3) is 0.429. The predicted octanol–water partition coefficient (Wildman–Crippen LogP) is 1.15. The van der Waals surface area contributed by atoms with Gasteiger partial charge in [-0.2, -0.15) is 0 Å². The maximum absolute atomic E-state index is 11.7. The number of hydrogen-bond acceptors (Lipinski definition) is 3. The molecule has 0 aromatic heterocycles. The lowest BCUT2D eigenvalue weighted by Gasteiger charge is -2.13. The summed E-state index contributed by atoms with van der Waals surface area (Å²) in [7, 11) is 3.91. The summed E-state index contributed by atoms with van der Waals surface area (Å²) in [6.45, 7) is -0.0337. The highest BCUT2D eigenvalue weighted by atomic mass is 16.2. The molecule has 1 aromatic carbocycles. The molecule has 6 heteroatoms. The maximum atomic E-state index is 11.7. The standard InChI is InChI=1S/C14H20N4O2/c1-18(2)12-7-5-10(6-8-12)16-13(19)9-15-14(20)17-11-3-4-11/h5-8,11H,3-4,9H2,1-2H3,(H,16,19)(H2,15,17,20).